The van der Waals surface area contributed by atoms with Gasteiger partial charge in [0.05, 0.1) is 0 Å². The van der Waals surface area contributed by atoms with Crippen molar-refractivity contribution in [1.29, 1.82) is 0 Å². The fourth-order valence-electron chi connectivity index (χ4n) is 4.79. The number of piperidine rings is 1. The van der Waals surface area contributed by atoms with E-state index < -0.39 is 0 Å². The van der Waals surface area contributed by atoms with E-state index in [2.05, 4.69) is 55.2 Å². The number of rotatable bonds is 5. The number of hydrogen-bond donors (Lipinski definition) is 1. The van der Waals surface area contributed by atoms with Gasteiger partial charge in [-0.1, -0.05) is 61.9 Å². The van der Waals surface area contributed by atoms with E-state index in [9.17, 15) is 4.79 Å². The summed E-state index contributed by atoms with van der Waals surface area (Å²) < 4.78 is 0. The SMILES string of the molecule is CC1CN(CCC2=Cc3ccccc3C2)CCC1(C)c1cccc(C(N)=O)c1. The van der Waals surface area contributed by atoms with Crippen molar-refractivity contribution in [2.75, 3.05) is 19.6 Å². The quantitative estimate of drug-likeness (QED) is 0.842. The molecule has 0 bridgehead atoms. The number of amides is 1. The van der Waals surface area contributed by atoms with Gasteiger partial charge in [-0.15, -0.1) is 0 Å². The van der Waals surface area contributed by atoms with Crippen molar-refractivity contribution in [2.24, 2.45) is 11.7 Å². The van der Waals surface area contributed by atoms with Crippen LogP contribution in [0.2, 0.25) is 0 Å². The highest BCUT2D eigenvalue weighted by molar-refractivity contribution is 5.92. The lowest BCUT2D eigenvalue weighted by molar-refractivity contribution is 0.0998. The van der Waals surface area contributed by atoms with Crippen molar-refractivity contribution >= 4 is 12.0 Å². The third-order valence-electron chi connectivity index (χ3n) is 6.96. The first kappa shape index (κ1) is 18.9. The molecule has 0 radical (unpaired) electrons. The van der Waals surface area contributed by atoms with Crippen LogP contribution in [0, 0.1) is 5.92 Å². The molecule has 146 valence electrons. The van der Waals surface area contributed by atoms with Gasteiger partial charge in [-0.25, -0.2) is 0 Å². The Morgan fingerprint density at radius 3 is 2.79 bits per heavy atom. The van der Waals surface area contributed by atoms with Gasteiger partial charge in [0.1, 0.15) is 0 Å². The van der Waals surface area contributed by atoms with Crippen LogP contribution in [0.15, 0.2) is 54.1 Å². The number of carbonyl (C=O) groups excluding carboxylic acids is 1. The highest BCUT2D eigenvalue weighted by Crippen LogP contribution is 2.40. The smallest absolute Gasteiger partial charge is 0.248 e. The Morgan fingerprint density at radius 2 is 2.04 bits per heavy atom. The molecule has 3 nitrogen and oxygen atoms in total. The van der Waals surface area contributed by atoms with Crippen LogP contribution < -0.4 is 5.73 Å². The molecule has 1 aliphatic heterocycles. The molecule has 1 heterocycles. The summed E-state index contributed by atoms with van der Waals surface area (Å²) in [7, 11) is 0. The molecule has 2 atom stereocenters. The zero-order chi connectivity index (χ0) is 19.7. The molecule has 1 aliphatic carbocycles. The number of likely N-dealkylation sites (tertiary alicyclic amines) is 1. The van der Waals surface area contributed by atoms with Crippen LogP contribution in [0.25, 0.3) is 6.08 Å². The van der Waals surface area contributed by atoms with E-state index in [0.29, 0.717) is 11.5 Å². The van der Waals surface area contributed by atoms with Crippen molar-refractivity contribution in [3.63, 3.8) is 0 Å². The molecule has 28 heavy (non-hydrogen) atoms. The number of carbonyl (C=O) groups is 1. The summed E-state index contributed by atoms with van der Waals surface area (Å²) in [5.74, 6) is 0.181. The normalized spacial score (nSPS) is 24.6. The predicted molar refractivity (Wildman–Crippen MR) is 115 cm³/mol. The minimum atomic E-state index is -0.346. The zero-order valence-electron chi connectivity index (χ0n) is 16.9. The molecule has 2 aliphatic rings. The second-order valence-electron chi connectivity index (χ2n) is 8.74. The minimum Gasteiger partial charge on any atom is -0.366 e. The van der Waals surface area contributed by atoms with Crippen LogP contribution >= 0.6 is 0 Å². The Kier molecular flexibility index (Phi) is 5.11. The fraction of sp³-hybridized carbons (Fsp3) is 0.400. The van der Waals surface area contributed by atoms with Gasteiger partial charge in [-0.3, -0.25) is 4.79 Å². The van der Waals surface area contributed by atoms with E-state index in [1.54, 1.807) is 5.57 Å². The van der Waals surface area contributed by atoms with Gasteiger partial charge in [-0.05, 0) is 66.0 Å². The molecule has 1 fully saturated rings. The van der Waals surface area contributed by atoms with Crippen LogP contribution in [0.4, 0.5) is 0 Å². The van der Waals surface area contributed by atoms with Crippen LogP contribution in [0.1, 0.15) is 53.7 Å². The van der Waals surface area contributed by atoms with Crippen LogP contribution in [0.5, 0.6) is 0 Å². The second-order valence-corrected chi connectivity index (χ2v) is 8.74. The van der Waals surface area contributed by atoms with E-state index in [0.717, 1.165) is 38.9 Å². The summed E-state index contributed by atoms with van der Waals surface area (Å²) in [4.78, 5) is 14.2. The summed E-state index contributed by atoms with van der Waals surface area (Å²) in [6.07, 6.45) is 5.74. The number of nitrogens with zero attached hydrogens (tertiary/aromatic N) is 1. The molecule has 2 aromatic rings. The summed E-state index contributed by atoms with van der Waals surface area (Å²) in [5, 5.41) is 0. The predicted octanol–water partition coefficient (Wildman–Crippen LogP) is 4.41. The van der Waals surface area contributed by atoms with Crippen molar-refractivity contribution in [3.05, 3.63) is 76.4 Å². The average Bonchev–Trinajstić information content (AvgIpc) is 3.12. The lowest BCUT2D eigenvalue weighted by atomic mass is 9.68. The minimum absolute atomic E-state index is 0.0881. The van der Waals surface area contributed by atoms with E-state index >= 15 is 0 Å². The third-order valence-corrected chi connectivity index (χ3v) is 6.96. The fourth-order valence-corrected chi connectivity index (χ4v) is 4.79. The van der Waals surface area contributed by atoms with E-state index in [1.807, 2.05) is 18.2 Å². The van der Waals surface area contributed by atoms with Crippen molar-refractivity contribution in [2.45, 2.75) is 38.5 Å². The topological polar surface area (TPSA) is 46.3 Å². The number of benzene rings is 2. The standard InChI is InChI=1S/C25H30N2O/c1-18-17-27(12-10-19-14-20-6-3-4-7-21(20)15-19)13-11-25(18,2)23-9-5-8-22(16-23)24(26)28/h3-9,14,16,18H,10-13,15,17H2,1-2H3,(H2,26,28). The van der Waals surface area contributed by atoms with Crippen LogP contribution in [-0.4, -0.2) is 30.4 Å². The Balaban J connectivity index is 1.38. The van der Waals surface area contributed by atoms with E-state index in [-0.39, 0.29) is 11.3 Å². The largest absolute Gasteiger partial charge is 0.366 e. The van der Waals surface area contributed by atoms with E-state index in [1.165, 1.54) is 16.7 Å². The molecule has 4 rings (SSSR count). The Bertz CT molecular complexity index is 916. The Morgan fingerprint density at radius 1 is 1.21 bits per heavy atom. The molecule has 0 spiro atoms. The molecule has 1 amide bonds. The molecule has 0 aromatic heterocycles. The first-order valence-electron chi connectivity index (χ1n) is 10.4. The highest BCUT2D eigenvalue weighted by atomic mass is 16.1. The molecule has 2 unspecified atom stereocenters. The number of primary amides is 1. The maximum absolute atomic E-state index is 11.6. The molecular weight excluding hydrogens is 344 g/mol. The van der Waals surface area contributed by atoms with E-state index in [4.69, 9.17) is 5.73 Å². The second kappa shape index (κ2) is 7.56. The average molecular weight is 375 g/mol. The van der Waals surface area contributed by atoms with Gasteiger partial charge in [0, 0.05) is 18.7 Å². The first-order chi connectivity index (χ1) is 13.5. The number of fused-ring (bicyclic) bond motifs is 1. The monoisotopic (exact) mass is 374 g/mol. The van der Waals surface area contributed by atoms with Gasteiger partial charge in [0.15, 0.2) is 0 Å². The van der Waals surface area contributed by atoms with Gasteiger partial charge < -0.3 is 10.6 Å². The van der Waals surface area contributed by atoms with Crippen LogP contribution in [-0.2, 0) is 11.8 Å². The molecule has 2 N–H and O–H groups in total. The Hall–Kier alpha value is -2.39. The summed E-state index contributed by atoms with van der Waals surface area (Å²) in [6.45, 7) is 8.00. The molecule has 1 saturated heterocycles. The van der Waals surface area contributed by atoms with Crippen molar-refractivity contribution < 1.29 is 4.79 Å². The Labute approximate surface area is 168 Å². The summed E-state index contributed by atoms with van der Waals surface area (Å²) in [6, 6.07) is 16.6. The van der Waals surface area contributed by atoms with Gasteiger partial charge in [0.25, 0.3) is 0 Å². The summed E-state index contributed by atoms with van der Waals surface area (Å²) >= 11 is 0. The van der Waals surface area contributed by atoms with Gasteiger partial charge in [-0.2, -0.15) is 0 Å². The first-order valence-corrected chi connectivity index (χ1v) is 10.4. The zero-order valence-corrected chi connectivity index (χ0v) is 16.9. The maximum Gasteiger partial charge on any atom is 0.248 e. The van der Waals surface area contributed by atoms with Gasteiger partial charge >= 0.3 is 0 Å². The molecule has 0 saturated carbocycles. The lowest BCUT2D eigenvalue weighted by Crippen LogP contribution is -2.47. The maximum atomic E-state index is 11.6. The van der Waals surface area contributed by atoms with Crippen molar-refractivity contribution in [1.82, 2.24) is 4.90 Å². The summed E-state index contributed by atoms with van der Waals surface area (Å²) in [5.41, 5.74) is 11.8. The third kappa shape index (κ3) is 3.64. The molecule has 2 aromatic carbocycles. The number of hydrogen-bond acceptors (Lipinski definition) is 2. The molecular formula is C25H30N2O. The highest BCUT2D eigenvalue weighted by Gasteiger charge is 2.38. The lowest BCUT2D eigenvalue weighted by Gasteiger charge is -2.45. The van der Waals surface area contributed by atoms with Gasteiger partial charge in [0.2, 0.25) is 5.91 Å². The number of nitrogens with two attached hydrogens (primary N) is 1. The van der Waals surface area contributed by atoms with Crippen molar-refractivity contribution in [3.8, 4) is 0 Å². The molecule has 3 heteroatoms. The van der Waals surface area contributed by atoms with Crippen LogP contribution in [0.3, 0.4) is 0 Å².